The highest BCUT2D eigenvalue weighted by atomic mass is 32.1. The molecule has 0 N–H and O–H groups in total. The van der Waals surface area contributed by atoms with Crippen molar-refractivity contribution in [3.05, 3.63) is 46.2 Å². The van der Waals surface area contributed by atoms with Crippen LogP contribution in [0, 0.1) is 5.82 Å². The summed E-state index contributed by atoms with van der Waals surface area (Å²) in [5.74, 6) is 0.181. The Morgan fingerprint density at radius 2 is 2.26 bits per heavy atom. The summed E-state index contributed by atoms with van der Waals surface area (Å²) in [7, 11) is 0. The molecule has 2 heterocycles. The van der Waals surface area contributed by atoms with Crippen molar-refractivity contribution in [2.24, 2.45) is 0 Å². The van der Waals surface area contributed by atoms with Crippen molar-refractivity contribution in [1.82, 2.24) is 9.88 Å². The molecule has 1 aromatic heterocycles. The molecule has 2 aromatic rings. The van der Waals surface area contributed by atoms with E-state index in [1.54, 1.807) is 22.4 Å². The Hall–Kier alpha value is -1.99. The van der Waals surface area contributed by atoms with E-state index < -0.39 is 0 Å². The van der Waals surface area contributed by atoms with Crippen molar-refractivity contribution in [3.63, 3.8) is 0 Å². The number of nitrogens with zero attached hydrogens (tertiary/aromatic N) is 2. The number of halogens is 1. The Morgan fingerprint density at radius 3 is 3.00 bits per heavy atom. The number of ether oxygens (including phenoxy) is 2. The van der Waals surface area contributed by atoms with Crippen LogP contribution in [0.1, 0.15) is 22.4 Å². The number of aromatic nitrogens is 1. The predicted octanol–water partition coefficient (Wildman–Crippen LogP) is 2.72. The maximum absolute atomic E-state index is 12.8. The van der Waals surface area contributed by atoms with E-state index in [4.69, 9.17) is 9.47 Å². The van der Waals surface area contributed by atoms with Crippen molar-refractivity contribution in [2.75, 3.05) is 19.7 Å². The lowest BCUT2D eigenvalue weighted by atomic mass is 10.3. The summed E-state index contributed by atoms with van der Waals surface area (Å²) in [5, 5.41) is 2.45. The van der Waals surface area contributed by atoms with Crippen LogP contribution >= 0.6 is 11.3 Å². The van der Waals surface area contributed by atoms with Gasteiger partial charge in [0.05, 0.1) is 12.7 Å². The number of rotatable bonds is 4. The zero-order valence-corrected chi connectivity index (χ0v) is 13.5. The van der Waals surface area contributed by atoms with Crippen LogP contribution in [-0.4, -0.2) is 41.6 Å². The fraction of sp³-hybridized carbons (Fsp3) is 0.375. The number of thiazole rings is 1. The predicted molar refractivity (Wildman–Crippen MR) is 84.2 cm³/mol. The molecule has 1 aromatic carbocycles. The van der Waals surface area contributed by atoms with E-state index in [2.05, 4.69) is 4.98 Å². The molecule has 7 heteroatoms. The smallest absolute Gasteiger partial charge is 0.273 e. The van der Waals surface area contributed by atoms with Gasteiger partial charge in [0.25, 0.3) is 5.91 Å². The van der Waals surface area contributed by atoms with Crippen LogP contribution in [0.5, 0.6) is 5.75 Å². The minimum absolute atomic E-state index is 0.0487. The van der Waals surface area contributed by atoms with Crippen molar-refractivity contribution >= 4 is 17.2 Å². The molecule has 1 aliphatic rings. The summed E-state index contributed by atoms with van der Waals surface area (Å²) in [5.41, 5.74) is 0.432. The zero-order chi connectivity index (χ0) is 16.2. The average Bonchev–Trinajstić information content (AvgIpc) is 3.02. The van der Waals surface area contributed by atoms with Crippen molar-refractivity contribution < 1.29 is 18.7 Å². The number of hydrogen-bond donors (Lipinski definition) is 0. The molecular formula is C16H17FN2O3S. The normalized spacial score (nSPS) is 18.0. The first-order valence-electron chi connectivity index (χ1n) is 7.35. The van der Waals surface area contributed by atoms with E-state index in [1.807, 2.05) is 6.92 Å². The van der Waals surface area contributed by atoms with Gasteiger partial charge >= 0.3 is 0 Å². The van der Waals surface area contributed by atoms with Crippen molar-refractivity contribution in [1.29, 1.82) is 0 Å². The molecule has 1 aliphatic heterocycles. The average molecular weight is 336 g/mol. The van der Waals surface area contributed by atoms with Gasteiger partial charge in [0.2, 0.25) is 0 Å². The summed E-state index contributed by atoms with van der Waals surface area (Å²) in [6.07, 6.45) is 0.0487. The highest BCUT2D eigenvalue weighted by Gasteiger charge is 2.24. The first-order valence-corrected chi connectivity index (χ1v) is 8.23. The lowest BCUT2D eigenvalue weighted by Gasteiger charge is -2.30. The molecule has 1 amide bonds. The molecule has 3 rings (SSSR count). The van der Waals surface area contributed by atoms with Crippen LogP contribution in [0.25, 0.3) is 0 Å². The quantitative estimate of drug-likeness (QED) is 0.861. The van der Waals surface area contributed by atoms with E-state index >= 15 is 0 Å². The molecule has 0 radical (unpaired) electrons. The Kier molecular flexibility index (Phi) is 4.88. The SMILES string of the molecule is CC1CN(C(=O)c2csc(COc3ccc(F)cc3)n2)CCO1. The summed E-state index contributed by atoms with van der Waals surface area (Å²) in [6.45, 7) is 3.92. The van der Waals surface area contributed by atoms with E-state index in [9.17, 15) is 9.18 Å². The van der Waals surface area contributed by atoms with Crippen LogP contribution in [0.3, 0.4) is 0 Å². The Balaban J connectivity index is 1.59. The fourth-order valence-corrected chi connectivity index (χ4v) is 3.00. The van der Waals surface area contributed by atoms with Gasteiger partial charge in [-0.05, 0) is 31.2 Å². The maximum Gasteiger partial charge on any atom is 0.273 e. The van der Waals surface area contributed by atoms with Gasteiger partial charge in [-0.25, -0.2) is 9.37 Å². The van der Waals surface area contributed by atoms with Gasteiger partial charge < -0.3 is 14.4 Å². The zero-order valence-electron chi connectivity index (χ0n) is 12.7. The molecule has 0 spiro atoms. The molecule has 0 bridgehead atoms. The van der Waals surface area contributed by atoms with Gasteiger partial charge in [0.15, 0.2) is 0 Å². The van der Waals surface area contributed by atoms with Gasteiger partial charge in [0, 0.05) is 18.5 Å². The third-order valence-corrected chi connectivity index (χ3v) is 4.30. The maximum atomic E-state index is 12.8. The minimum atomic E-state index is -0.306. The van der Waals surface area contributed by atoms with E-state index in [-0.39, 0.29) is 24.4 Å². The molecule has 1 unspecified atom stereocenters. The van der Waals surface area contributed by atoms with Crippen LogP contribution < -0.4 is 4.74 Å². The molecule has 5 nitrogen and oxygen atoms in total. The number of morpholine rings is 1. The van der Waals surface area contributed by atoms with E-state index in [1.165, 1.54) is 23.5 Å². The van der Waals surface area contributed by atoms with Crippen molar-refractivity contribution in [2.45, 2.75) is 19.6 Å². The lowest BCUT2D eigenvalue weighted by molar-refractivity contribution is -0.0126. The van der Waals surface area contributed by atoms with Gasteiger partial charge in [-0.15, -0.1) is 11.3 Å². The van der Waals surface area contributed by atoms with Gasteiger partial charge in [0.1, 0.15) is 28.9 Å². The van der Waals surface area contributed by atoms with Crippen LogP contribution in [0.4, 0.5) is 4.39 Å². The van der Waals surface area contributed by atoms with Gasteiger partial charge in [-0.2, -0.15) is 0 Å². The number of carbonyl (C=O) groups excluding carboxylic acids is 1. The molecular weight excluding hydrogens is 319 g/mol. The molecule has 122 valence electrons. The summed E-state index contributed by atoms with van der Waals surface area (Å²) >= 11 is 1.38. The number of amides is 1. The molecule has 1 fully saturated rings. The third-order valence-electron chi connectivity index (χ3n) is 3.48. The van der Waals surface area contributed by atoms with E-state index in [0.29, 0.717) is 36.1 Å². The molecule has 1 atom stereocenters. The molecule has 23 heavy (non-hydrogen) atoms. The largest absolute Gasteiger partial charge is 0.486 e. The van der Waals surface area contributed by atoms with Gasteiger partial charge in [-0.3, -0.25) is 4.79 Å². The first-order chi connectivity index (χ1) is 11.1. The van der Waals surface area contributed by atoms with E-state index in [0.717, 1.165) is 0 Å². The molecule has 0 saturated carbocycles. The van der Waals surface area contributed by atoms with Crippen molar-refractivity contribution in [3.8, 4) is 5.75 Å². The topological polar surface area (TPSA) is 51.7 Å². The summed E-state index contributed by atoms with van der Waals surface area (Å²) in [6, 6.07) is 5.80. The highest BCUT2D eigenvalue weighted by molar-refractivity contribution is 7.09. The number of carbonyl (C=O) groups is 1. The highest BCUT2D eigenvalue weighted by Crippen LogP contribution is 2.17. The fourth-order valence-electron chi connectivity index (χ4n) is 2.32. The summed E-state index contributed by atoms with van der Waals surface area (Å²) < 4.78 is 23.8. The second-order valence-corrected chi connectivity index (χ2v) is 6.24. The van der Waals surface area contributed by atoms with Crippen LogP contribution in [0.2, 0.25) is 0 Å². The third kappa shape index (κ3) is 4.05. The Labute approximate surface area is 137 Å². The molecule has 0 aliphatic carbocycles. The number of hydrogen-bond acceptors (Lipinski definition) is 5. The standard InChI is InChI=1S/C16H17FN2O3S/c1-11-8-19(6-7-21-11)16(20)14-10-23-15(18-14)9-22-13-4-2-12(17)3-5-13/h2-5,10-11H,6-9H2,1H3. The second kappa shape index (κ2) is 7.06. The summed E-state index contributed by atoms with van der Waals surface area (Å²) in [4.78, 5) is 18.5. The van der Waals surface area contributed by atoms with Crippen LogP contribution in [0.15, 0.2) is 29.6 Å². The lowest BCUT2D eigenvalue weighted by Crippen LogP contribution is -2.44. The number of benzene rings is 1. The Bertz CT molecular complexity index is 674. The van der Waals surface area contributed by atoms with Gasteiger partial charge in [-0.1, -0.05) is 0 Å². The monoisotopic (exact) mass is 336 g/mol. The minimum Gasteiger partial charge on any atom is -0.486 e. The Morgan fingerprint density at radius 1 is 1.48 bits per heavy atom. The second-order valence-electron chi connectivity index (χ2n) is 5.30. The first kappa shape index (κ1) is 15.9. The van der Waals surface area contributed by atoms with Crippen LogP contribution in [-0.2, 0) is 11.3 Å². The molecule has 1 saturated heterocycles.